The molecule has 1 spiro atoms. The number of aryl methyl sites for hydroxylation is 2. The Morgan fingerprint density at radius 3 is 2.46 bits per heavy atom. The number of hydrogen-bond donors (Lipinski definition) is 2. The van der Waals surface area contributed by atoms with E-state index >= 15 is 0 Å². The summed E-state index contributed by atoms with van der Waals surface area (Å²) >= 11 is 0. The van der Waals surface area contributed by atoms with Gasteiger partial charge in [-0.25, -0.2) is 0 Å². The summed E-state index contributed by atoms with van der Waals surface area (Å²) in [6, 6.07) is 3.99. The minimum absolute atomic E-state index is 0.0959. The SMILES string of the molecule is Cc1cc(CN2CCC3(CCOCC3)C(C(=O)O)C2)cc(C)c1O. The van der Waals surface area contributed by atoms with Crippen molar-refractivity contribution in [3.63, 3.8) is 0 Å². The zero-order valence-corrected chi connectivity index (χ0v) is 14.5. The number of phenolic OH excluding ortho intramolecular Hbond substituents is 1. The summed E-state index contributed by atoms with van der Waals surface area (Å²) in [4.78, 5) is 14.1. The van der Waals surface area contributed by atoms with Gasteiger partial charge in [0.2, 0.25) is 0 Å². The van der Waals surface area contributed by atoms with Gasteiger partial charge >= 0.3 is 5.97 Å². The lowest BCUT2D eigenvalue weighted by molar-refractivity contribution is -0.156. The van der Waals surface area contributed by atoms with Crippen molar-refractivity contribution in [2.24, 2.45) is 11.3 Å². The molecular formula is C19H27NO4. The maximum atomic E-state index is 11.9. The molecule has 1 aromatic rings. The Bertz CT molecular complexity index is 599. The molecule has 2 aliphatic rings. The number of rotatable bonds is 3. The Balaban J connectivity index is 1.74. The van der Waals surface area contributed by atoms with Gasteiger partial charge in [-0.3, -0.25) is 9.69 Å². The lowest BCUT2D eigenvalue weighted by Crippen LogP contribution is -2.52. The predicted octanol–water partition coefficient (Wildman–Crippen LogP) is 2.71. The van der Waals surface area contributed by atoms with Gasteiger partial charge in [-0.2, -0.15) is 0 Å². The van der Waals surface area contributed by atoms with Gasteiger partial charge in [0, 0.05) is 26.3 Å². The van der Waals surface area contributed by atoms with E-state index in [1.807, 2.05) is 26.0 Å². The largest absolute Gasteiger partial charge is 0.507 e. The Morgan fingerprint density at radius 2 is 1.88 bits per heavy atom. The number of nitrogens with zero attached hydrogens (tertiary/aromatic N) is 1. The number of carboxylic acid groups (broad SMARTS) is 1. The van der Waals surface area contributed by atoms with E-state index in [2.05, 4.69) is 4.90 Å². The fourth-order valence-corrected chi connectivity index (χ4v) is 4.35. The quantitative estimate of drug-likeness (QED) is 0.890. The Kier molecular flexibility index (Phi) is 4.83. The zero-order valence-electron chi connectivity index (χ0n) is 14.5. The molecule has 2 heterocycles. The van der Waals surface area contributed by atoms with Gasteiger partial charge in [0.1, 0.15) is 5.75 Å². The molecule has 3 rings (SSSR count). The number of carboxylic acids is 1. The third-order valence-electron chi connectivity index (χ3n) is 5.85. The number of ether oxygens (including phenoxy) is 1. The first-order valence-corrected chi connectivity index (χ1v) is 8.73. The zero-order chi connectivity index (χ0) is 17.3. The Morgan fingerprint density at radius 1 is 1.25 bits per heavy atom. The van der Waals surface area contributed by atoms with Crippen LogP contribution >= 0.6 is 0 Å². The molecule has 0 aliphatic carbocycles. The highest BCUT2D eigenvalue weighted by Crippen LogP contribution is 2.45. The topological polar surface area (TPSA) is 70.0 Å². The third-order valence-corrected chi connectivity index (χ3v) is 5.85. The van der Waals surface area contributed by atoms with Crippen LogP contribution in [0.25, 0.3) is 0 Å². The van der Waals surface area contributed by atoms with Crippen molar-refractivity contribution in [3.8, 4) is 5.75 Å². The van der Waals surface area contributed by atoms with Gasteiger partial charge in [0.15, 0.2) is 0 Å². The first-order chi connectivity index (χ1) is 11.4. The van der Waals surface area contributed by atoms with E-state index in [1.165, 1.54) is 0 Å². The minimum atomic E-state index is -0.681. The van der Waals surface area contributed by atoms with Crippen molar-refractivity contribution in [1.82, 2.24) is 4.90 Å². The van der Waals surface area contributed by atoms with Crippen LogP contribution in [0, 0.1) is 25.2 Å². The second-order valence-electron chi connectivity index (χ2n) is 7.43. The van der Waals surface area contributed by atoms with E-state index in [1.54, 1.807) is 0 Å². The van der Waals surface area contributed by atoms with Crippen LogP contribution in [-0.4, -0.2) is 47.4 Å². The van der Waals surface area contributed by atoms with Crippen LogP contribution in [0.4, 0.5) is 0 Å². The van der Waals surface area contributed by atoms with Crippen molar-refractivity contribution >= 4 is 5.97 Å². The fourth-order valence-electron chi connectivity index (χ4n) is 4.35. The van der Waals surface area contributed by atoms with Crippen LogP contribution in [-0.2, 0) is 16.1 Å². The van der Waals surface area contributed by atoms with Crippen molar-refractivity contribution in [3.05, 3.63) is 28.8 Å². The summed E-state index contributed by atoms with van der Waals surface area (Å²) in [5.41, 5.74) is 2.78. The molecule has 5 nitrogen and oxygen atoms in total. The number of carbonyl (C=O) groups is 1. The Hall–Kier alpha value is -1.59. The number of piperidine rings is 1. The molecule has 0 bridgehead atoms. The summed E-state index contributed by atoms with van der Waals surface area (Å²) in [6.45, 7) is 7.41. The number of phenols is 1. The first kappa shape index (κ1) is 17.2. The highest BCUT2D eigenvalue weighted by molar-refractivity contribution is 5.71. The van der Waals surface area contributed by atoms with Gasteiger partial charge in [-0.1, -0.05) is 12.1 Å². The molecule has 24 heavy (non-hydrogen) atoms. The maximum Gasteiger partial charge on any atom is 0.308 e. The van der Waals surface area contributed by atoms with Crippen molar-refractivity contribution in [2.45, 2.75) is 39.7 Å². The maximum absolute atomic E-state index is 11.9. The van der Waals surface area contributed by atoms with E-state index in [4.69, 9.17) is 4.74 Å². The van der Waals surface area contributed by atoms with E-state index in [-0.39, 0.29) is 11.3 Å². The van der Waals surface area contributed by atoms with Crippen LogP contribution in [0.3, 0.4) is 0 Å². The summed E-state index contributed by atoms with van der Waals surface area (Å²) in [5, 5.41) is 19.7. The molecule has 0 aromatic heterocycles. The smallest absolute Gasteiger partial charge is 0.308 e. The summed E-state index contributed by atoms with van der Waals surface area (Å²) in [5.74, 6) is -0.656. The average Bonchev–Trinajstić information content (AvgIpc) is 2.55. The number of aliphatic carboxylic acids is 1. The predicted molar refractivity (Wildman–Crippen MR) is 91.1 cm³/mol. The van der Waals surface area contributed by atoms with Gasteiger partial charge in [-0.05, 0) is 61.8 Å². The van der Waals surface area contributed by atoms with Crippen LogP contribution in [0.2, 0.25) is 0 Å². The van der Waals surface area contributed by atoms with Crippen LogP contribution in [0.1, 0.15) is 36.0 Å². The molecule has 2 aliphatic heterocycles. The monoisotopic (exact) mass is 333 g/mol. The number of hydrogen-bond acceptors (Lipinski definition) is 4. The van der Waals surface area contributed by atoms with Crippen LogP contribution in [0.15, 0.2) is 12.1 Å². The standard InChI is InChI=1S/C19H27NO4/c1-13-9-15(10-14(2)17(13)21)11-20-6-3-19(4-7-24-8-5-19)16(12-20)18(22)23/h9-10,16,21H,3-8,11-12H2,1-2H3,(H,22,23). The van der Waals surface area contributed by atoms with Gasteiger partial charge < -0.3 is 14.9 Å². The molecule has 5 heteroatoms. The first-order valence-electron chi connectivity index (χ1n) is 8.73. The van der Waals surface area contributed by atoms with E-state index in [0.29, 0.717) is 25.5 Å². The fraction of sp³-hybridized carbons (Fsp3) is 0.632. The molecule has 0 amide bonds. The van der Waals surface area contributed by atoms with Gasteiger partial charge in [-0.15, -0.1) is 0 Å². The molecule has 2 fully saturated rings. The molecule has 132 valence electrons. The van der Waals surface area contributed by atoms with Crippen molar-refractivity contribution in [1.29, 1.82) is 0 Å². The molecule has 2 N–H and O–H groups in total. The summed E-state index contributed by atoms with van der Waals surface area (Å²) in [7, 11) is 0. The van der Waals surface area contributed by atoms with Crippen molar-refractivity contribution < 1.29 is 19.7 Å². The summed E-state index contributed by atoms with van der Waals surface area (Å²) in [6.07, 6.45) is 2.63. The Labute approximate surface area is 143 Å². The highest BCUT2D eigenvalue weighted by atomic mass is 16.5. The van der Waals surface area contributed by atoms with Crippen LogP contribution < -0.4 is 0 Å². The second kappa shape index (κ2) is 6.73. The molecule has 1 atom stereocenters. The lowest BCUT2D eigenvalue weighted by Gasteiger charge is -2.48. The molecule has 1 aromatic carbocycles. The number of benzene rings is 1. The number of likely N-dealkylation sites (tertiary alicyclic amines) is 1. The van der Waals surface area contributed by atoms with Gasteiger partial charge in [0.25, 0.3) is 0 Å². The number of aromatic hydroxyl groups is 1. The van der Waals surface area contributed by atoms with E-state index in [0.717, 1.165) is 49.0 Å². The van der Waals surface area contributed by atoms with Crippen molar-refractivity contribution in [2.75, 3.05) is 26.3 Å². The van der Waals surface area contributed by atoms with Gasteiger partial charge in [0.05, 0.1) is 5.92 Å². The lowest BCUT2D eigenvalue weighted by atomic mass is 9.65. The molecule has 0 radical (unpaired) electrons. The third kappa shape index (κ3) is 3.28. The molecule has 1 unspecified atom stereocenters. The normalized spacial score (nSPS) is 24.2. The second-order valence-corrected chi connectivity index (χ2v) is 7.43. The molecule has 2 saturated heterocycles. The average molecular weight is 333 g/mol. The molecule has 0 saturated carbocycles. The molecular weight excluding hydrogens is 306 g/mol. The highest BCUT2D eigenvalue weighted by Gasteiger charge is 2.47. The summed E-state index contributed by atoms with van der Waals surface area (Å²) < 4.78 is 5.45. The minimum Gasteiger partial charge on any atom is -0.507 e. The van der Waals surface area contributed by atoms with E-state index < -0.39 is 5.97 Å². The van der Waals surface area contributed by atoms with Crippen LogP contribution in [0.5, 0.6) is 5.75 Å². The van der Waals surface area contributed by atoms with E-state index in [9.17, 15) is 15.0 Å².